The molecule has 1 aliphatic heterocycles. The number of hydrogen-bond acceptors (Lipinski definition) is 3. The molecule has 2 N–H and O–H groups in total. The molecule has 2 rings (SSSR count). The third kappa shape index (κ3) is 2.52. The molecule has 3 heteroatoms. The molecule has 0 aliphatic carbocycles. The molecule has 2 atom stereocenters. The van der Waals surface area contributed by atoms with Gasteiger partial charge in [0.15, 0.2) is 0 Å². The summed E-state index contributed by atoms with van der Waals surface area (Å²) in [5, 5.41) is 14.1. The molecule has 1 aliphatic rings. The van der Waals surface area contributed by atoms with E-state index in [1.807, 2.05) is 39.0 Å². The fourth-order valence-electron chi connectivity index (χ4n) is 2.65. The van der Waals surface area contributed by atoms with Crippen molar-refractivity contribution in [2.24, 2.45) is 0 Å². The lowest BCUT2D eigenvalue weighted by atomic mass is 9.86. The number of aryl methyl sites for hydroxylation is 1. The second kappa shape index (κ2) is 5.29. The van der Waals surface area contributed by atoms with Crippen LogP contribution in [0.5, 0.6) is 5.75 Å². The van der Waals surface area contributed by atoms with E-state index >= 15 is 0 Å². The van der Waals surface area contributed by atoms with Crippen LogP contribution in [-0.4, -0.2) is 24.3 Å². The van der Waals surface area contributed by atoms with E-state index in [9.17, 15) is 5.11 Å². The first-order valence-electron chi connectivity index (χ1n) is 6.75. The summed E-state index contributed by atoms with van der Waals surface area (Å²) in [5.74, 6) is 0.899. The summed E-state index contributed by atoms with van der Waals surface area (Å²) in [4.78, 5) is 0. The summed E-state index contributed by atoms with van der Waals surface area (Å²) < 4.78 is 5.53. The lowest BCUT2D eigenvalue weighted by Crippen LogP contribution is -2.42. The Morgan fingerprint density at radius 3 is 2.83 bits per heavy atom. The molecule has 0 bridgehead atoms. The van der Waals surface area contributed by atoms with Crippen LogP contribution < -0.4 is 10.1 Å². The zero-order valence-electron chi connectivity index (χ0n) is 11.5. The number of aliphatic hydroxyl groups is 1. The van der Waals surface area contributed by atoms with Gasteiger partial charge in [0.05, 0.1) is 6.61 Å². The highest BCUT2D eigenvalue weighted by Gasteiger charge is 2.35. The molecule has 100 valence electrons. The van der Waals surface area contributed by atoms with Gasteiger partial charge in [-0.05, 0) is 63.4 Å². The van der Waals surface area contributed by atoms with Crippen LogP contribution in [0.4, 0.5) is 0 Å². The van der Waals surface area contributed by atoms with Crippen molar-refractivity contribution in [2.45, 2.75) is 45.3 Å². The Morgan fingerprint density at radius 2 is 2.28 bits per heavy atom. The fourth-order valence-corrected chi connectivity index (χ4v) is 2.65. The van der Waals surface area contributed by atoms with Crippen LogP contribution in [0.3, 0.4) is 0 Å². The number of hydrogen-bond donors (Lipinski definition) is 2. The Bertz CT molecular complexity index is 409. The average molecular weight is 249 g/mol. The summed E-state index contributed by atoms with van der Waals surface area (Å²) in [6, 6.07) is 6.11. The maximum atomic E-state index is 10.7. The van der Waals surface area contributed by atoms with Crippen LogP contribution in [0.15, 0.2) is 18.2 Å². The quantitative estimate of drug-likeness (QED) is 0.860. The lowest BCUT2D eigenvalue weighted by molar-refractivity contribution is 0.0217. The van der Waals surface area contributed by atoms with Gasteiger partial charge in [-0.3, -0.25) is 0 Å². The topological polar surface area (TPSA) is 41.5 Å². The molecule has 0 amide bonds. The van der Waals surface area contributed by atoms with Crippen molar-refractivity contribution in [3.05, 3.63) is 29.3 Å². The van der Waals surface area contributed by atoms with Gasteiger partial charge in [0.25, 0.3) is 0 Å². The van der Waals surface area contributed by atoms with E-state index in [2.05, 4.69) is 5.32 Å². The maximum Gasteiger partial charge on any atom is 0.122 e. The van der Waals surface area contributed by atoms with Gasteiger partial charge in [0.2, 0.25) is 0 Å². The van der Waals surface area contributed by atoms with Crippen molar-refractivity contribution in [2.75, 3.05) is 13.2 Å². The van der Waals surface area contributed by atoms with Crippen molar-refractivity contribution >= 4 is 0 Å². The van der Waals surface area contributed by atoms with Gasteiger partial charge >= 0.3 is 0 Å². The SMILES string of the molecule is CCOc1ccc(C(C)(O)C2CCCN2)cc1C. The smallest absolute Gasteiger partial charge is 0.122 e. The number of benzene rings is 1. The van der Waals surface area contributed by atoms with Crippen molar-refractivity contribution in [1.29, 1.82) is 0 Å². The molecule has 0 aromatic heterocycles. The first-order valence-corrected chi connectivity index (χ1v) is 6.75. The first kappa shape index (κ1) is 13.4. The largest absolute Gasteiger partial charge is 0.494 e. The Hall–Kier alpha value is -1.06. The van der Waals surface area contributed by atoms with Gasteiger partial charge < -0.3 is 15.2 Å². The molecule has 0 saturated carbocycles. The van der Waals surface area contributed by atoms with E-state index in [-0.39, 0.29) is 6.04 Å². The van der Waals surface area contributed by atoms with Crippen LogP contribution in [-0.2, 0) is 5.60 Å². The zero-order valence-corrected chi connectivity index (χ0v) is 11.5. The Balaban J connectivity index is 2.24. The van der Waals surface area contributed by atoms with Crippen LogP contribution in [0, 0.1) is 6.92 Å². The van der Waals surface area contributed by atoms with E-state index < -0.39 is 5.60 Å². The Labute approximate surface area is 109 Å². The molecule has 1 fully saturated rings. The maximum absolute atomic E-state index is 10.7. The van der Waals surface area contributed by atoms with Crippen molar-refractivity contribution in [3.63, 3.8) is 0 Å². The highest BCUT2D eigenvalue weighted by Crippen LogP contribution is 2.32. The van der Waals surface area contributed by atoms with Gasteiger partial charge in [0.1, 0.15) is 11.4 Å². The zero-order chi connectivity index (χ0) is 13.2. The molecule has 18 heavy (non-hydrogen) atoms. The van der Waals surface area contributed by atoms with E-state index in [0.717, 1.165) is 36.3 Å². The molecule has 1 aromatic rings. The van der Waals surface area contributed by atoms with Gasteiger partial charge in [-0.15, -0.1) is 0 Å². The van der Waals surface area contributed by atoms with Crippen molar-refractivity contribution in [1.82, 2.24) is 5.32 Å². The van der Waals surface area contributed by atoms with Crippen molar-refractivity contribution in [3.8, 4) is 5.75 Å². The van der Waals surface area contributed by atoms with E-state index in [0.29, 0.717) is 6.61 Å². The molecule has 1 heterocycles. The molecule has 1 saturated heterocycles. The van der Waals surface area contributed by atoms with E-state index in [1.165, 1.54) is 0 Å². The summed E-state index contributed by atoms with van der Waals surface area (Å²) in [6.45, 7) is 7.56. The van der Waals surface area contributed by atoms with E-state index in [1.54, 1.807) is 0 Å². The molecular weight excluding hydrogens is 226 g/mol. The summed E-state index contributed by atoms with van der Waals surface area (Å²) in [5.41, 5.74) is 1.22. The third-order valence-electron chi connectivity index (χ3n) is 3.80. The Kier molecular flexibility index (Phi) is 3.93. The minimum atomic E-state index is -0.813. The van der Waals surface area contributed by atoms with Gasteiger partial charge in [-0.1, -0.05) is 6.07 Å². The number of rotatable bonds is 4. The fraction of sp³-hybridized carbons (Fsp3) is 0.600. The Morgan fingerprint density at radius 1 is 1.50 bits per heavy atom. The van der Waals surface area contributed by atoms with Crippen LogP contribution in [0.25, 0.3) is 0 Å². The summed E-state index contributed by atoms with van der Waals surface area (Å²) in [6.07, 6.45) is 2.16. The van der Waals surface area contributed by atoms with Gasteiger partial charge in [-0.25, -0.2) is 0 Å². The summed E-state index contributed by atoms with van der Waals surface area (Å²) >= 11 is 0. The minimum absolute atomic E-state index is 0.148. The number of ether oxygens (including phenoxy) is 1. The summed E-state index contributed by atoms with van der Waals surface area (Å²) in [7, 11) is 0. The lowest BCUT2D eigenvalue weighted by Gasteiger charge is -2.31. The molecule has 2 unspecified atom stereocenters. The highest BCUT2D eigenvalue weighted by atomic mass is 16.5. The monoisotopic (exact) mass is 249 g/mol. The minimum Gasteiger partial charge on any atom is -0.494 e. The average Bonchev–Trinajstić information content (AvgIpc) is 2.86. The third-order valence-corrected chi connectivity index (χ3v) is 3.80. The molecule has 0 radical (unpaired) electrons. The van der Waals surface area contributed by atoms with Crippen LogP contribution in [0.2, 0.25) is 0 Å². The predicted octanol–water partition coefficient (Wildman–Crippen LogP) is 2.35. The standard InChI is InChI=1S/C15H23NO2/c1-4-18-13-8-7-12(10-11(13)2)15(3,17)14-6-5-9-16-14/h7-8,10,14,16-17H,4-6,9H2,1-3H3. The first-order chi connectivity index (χ1) is 8.55. The molecule has 0 spiro atoms. The van der Waals surface area contributed by atoms with Crippen molar-refractivity contribution < 1.29 is 9.84 Å². The normalized spacial score (nSPS) is 22.8. The second-order valence-electron chi connectivity index (χ2n) is 5.21. The molecule has 3 nitrogen and oxygen atoms in total. The second-order valence-corrected chi connectivity index (χ2v) is 5.21. The van der Waals surface area contributed by atoms with Crippen LogP contribution in [0.1, 0.15) is 37.8 Å². The van der Waals surface area contributed by atoms with Gasteiger partial charge in [-0.2, -0.15) is 0 Å². The van der Waals surface area contributed by atoms with Gasteiger partial charge in [0, 0.05) is 6.04 Å². The molecule has 1 aromatic carbocycles. The predicted molar refractivity (Wildman–Crippen MR) is 72.9 cm³/mol. The number of nitrogens with one attached hydrogen (secondary N) is 1. The highest BCUT2D eigenvalue weighted by molar-refractivity contribution is 5.39. The van der Waals surface area contributed by atoms with E-state index in [4.69, 9.17) is 4.74 Å². The van der Waals surface area contributed by atoms with Crippen LogP contribution >= 0.6 is 0 Å². The molecular formula is C15H23NO2.